The second kappa shape index (κ2) is 8.56. The van der Waals surface area contributed by atoms with E-state index in [0.29, 0.717) is 17.0 Å². The highest BCUT2D eigenvalue weighted by Crippen LogP contribution is 2.38. The van der Waals surface area contributed by atoms with Crippen LogP contribution in [0.1, 0.15) is 43.3 Å². The second-order valence-corrected chi connectivity index (χ2v) is 10.5. The fourth-order valence-electron chi connectivity index (χ4n) is 3.58. The Balaban J connectivity index is 2.30. The van der Waals surface area contributed by atoms with Crippen molar-refractivity contribution in [1.82, 2.24) is 4.57 Å². The topological polar surface area (TPSA) is 62.9 Å². The van der Waals surface area contributed by atoms with E-state index in [-0.39, 0.29) is 10.6 Å². The lowest BCUT2D eigenvalue weighted by atomic mass is 9.91. The monoisotopic (exact) mass is 472 g/mol. The van der Waals surface area contributed by atoms with Gasteiger partial charge in [0.25, 0.3) is 0 Å². The van der Waals surface area contributed by atoms with Crippen molar-refractivity contribution >= 4 is 15.9 Å². The molecule has 3 rings (SSSR count). The number of halogens is 3. The first-order valence-electron chi connectivity index (χ1n) is 10.1. The normalized spacial score (nSPS) is 13.1. The summed E-state index contributed by atoms with van der Waals surface area (Å²) in [5.74, 6) is 0. The number of hydrogen-bond acceptors (Lipinski definition) is 3. The van der Waals surface area contributed by atoms with Crippen LogP contribution in [0.5, 0.6) is 0 Å². The molecule has 0 unspecified atom stereocenters. The molecule has 0 saturated carbocycles. The Kier molecular flexibility index (Phi) is 6.31. The Hall–Kier alpha value is -3.31. The van der Waals surface area contributed by atoms with Crippen molar-refractivity contribution in [3.8, 4) is 11.8 Å². The first kappa shape index (κ1) is 24.3. The van der Waals surface area contributed by atoms with Crippen LogP contribution in [0.15, 0.2) is 70.5 Å². The second-order valence-electron chi connectivity index (χ2n) is 8.61. The summed E-state index contributed by atoms with van der Waals surface area (Å²) in [6.45, 7) is 7.17. The van der Waals surface area contributed by atoms with Gasteiger partial charge in [-0.1, -0.05) is 51.1 Å². The SMILES string of the molecule is Cc1c(/C=C(\C#N)S(=O)(=O)c2ccccc2)cc(C(C)(C)C)n1-c1ccccc1C(F)(F)F. The van der Waals surface area contributed by atoms with Crippen molar-refractivity contribution in [2.75, 3.05) is 0 Å². The minimum absolute atomic E-state index is 0.0339. The molecule has 33 heavy (non-hydrogen) atoms. The van der Waals surface area contributed by atoms with E-state index in [2.05, 4.69) is 0 Å². The van der Waals surface area contributed by atoms with E-state index in [1.165, 1.54) is 41.0 Å². The Morgan fingerprint density at radius 1 is 1.00 bits per heavy atom. The summed E-state index contributed by atoms with van der Waals surface area (Å²) in [4.78, 5) is -0.521. The van der Waals surface area contributed by atoms with Gasteiger partial charge in [0.05, 0.1) is 16.1 Å². The Bertz CT molecular complexity index is 1360. The predicted octanol–water partition coefficient (Wildman–Crippen LogP) is 6.44. The fraction of sp³-hybridized carbons (Fsp3) is 0.240. The Morgan fingerprint density at radius 2 is 1.58 bits per heavy atom. The third-order valence-corrected chi connectivity index (χ3v) is 6.93. The highest BCUT2D eigenvalue weighted by molar-refractivity contribution is 7.95. The molecule has 8 heteroatoms. The van der Waals surface area contributed by atoms with E-state index >= 15 is 0 Å². The van der Waals surface area contributed by atoms with Crippen molar-refractivity contribution in [2.45, 2.75) is 44.2 Å². The van der Waals surface area contributed by atoms with Crippen molar-refractivity contribution in [2.24, 2.45) is 0 Å². The van der Waals surface area contributed by atoms with Crippen LogP contribution in [0.25, 0.3) is 11.8 Å². The summed E-state index contributed by atoms with van der Waals surface area (Å²) in [5, 5.41) is 9.63. The molecular weight excluding hydrogens is 449 g/mol. The zero-order valence-electron chi connectivity index (χ0n) is 18.6. The third kappa shape index (κ3) is 4.74. The molecule has 4 nitrogen and oxygen atoms in total. The van der Waals surface area contributed by atoms with E-state index in [4.69, 9.17) is 0 Å². The summed E-state index contributed by atoms with van der Waals surface area (Å²) < 4.78 is 68.7. The number of sulfone groups is 1. The molecule has 0 radical (unpaired) electrons. The average molecular weight is 473 g/mol. The molecule has 0 aliphatic carbocycles. The lowest BCUT2D eigenvalue weighted by Crippen LogP contribution is -2.20. The maximum atomic E-state index is 13.8. The molecule has 1 heterocycles. The van der Waals surface area contributed by atoms with E-state index in [1.807, 2.05) is 20.8 Å². The van der Waals surface area contributed by atoms with Crippen LogP contribution in [-0.2, 0) is 21.4 Å². The molecule has 0 aliphatic heterocycles. The number of benzene rings is 2. The standard InChI is InChI=1S/C25H23F3N2O2S/c1-17-18(14-20(16-29)33(31,32)19-10-6-5-7-11-19)15-23(24(2,3)4)30(17)22-13-9-8-12-21(22)25(26,27)28/h5-15H,1-4H3/b20-14+. The lowest BCUT2D eigenvalue weighted by Gasteiger charge is -2.24. The highest BCUT2D eigenvalue weighted by atomic mass is 32.2. The quantitative estimate of drug-likeness (QED) is 0.411. The smallest absolute Gasteiger partial charge is 0.316 e. The molecule has 1 aromatic heterocycles. The molecule has 0 saturated heterocycles. The molecule has 3 aromatic rings. The molecule has 0 fully saturated rings. The molecule has 0 N–H and O–H groups in total. The molecule has 172 valence electrons. The Morgan fingerprint density at radius 3 is 2.12 bits per heavy atom. The van der Waals surface area contributed by atoms with E-state index in [0.717, 1.165) is 6.07 Å². The average Bonchev–Trinajstić information content (AvgIpc) is 3.08. The molecular formula is C25H23F3N2O2S. The van der Waals surface area contributed by atoms with Gasteiger partial charge in [-0.25, -0.2) is 8.42 Å². The van der Waals surface area contributed by atoms with Gasteiger partial charge >= 0.3 is 6.18 Å². The third-order valence-electron chi connectivity index (χ3n) is 5.24. The summed E-state index contributed by atoms with van der Waals surface area (Å²) in [5.41, 5.74) is -0.127. The van der Waals surface area contributed by atoms with Crippen molar-refractivity contribution in [3.63, 3.8) is 0 Å². The van der Waals surface area contributed by atoms with Crippen molar-refractivity contribution in [1.29, 1.82) is 5.26 Å². The van der Waals surface area contributed by atoms with Gasteiger partial charge in [-0.05, 0) is 48.9 Å². The van der Waals surface area contributed by atoms with Gasteiger partial charge in [0, 0.05) is 16.8 Å². The van der Waals surface area contributed by atoms with Crippen LogP contribution in [-0.4, -0.2) is 13.0 Å². The van der Waals surface area contributed by atoms with Gasteiger partial charge in [0.2, 0.25) is 9.84 Å². The minimum atomic E-state index is -4.58. The number of para-hydroxylation sites is 1. The summed E-state index contributed by atoms with van der Waals surface area (Å²) in [7, 11) is -4.09. The maximum absolute atomic E-state index is 13.8. The highest BCUT2D eigenvalue weighted by Gasteiger charge is 2.35. The van der Waals surface area contributed by atoms with Crippen LogP contribution in [0.3, 0.4) is 0 Å². The first-order chi connectivity index (χ1) is 15.3. The number of nitriles is 1. The molecule has 0 amide bonds. The lowest BCUT2D eigenvalue weighted by molar-refractivity contribution is -0.137. The van der Waals surface area contributed by atoms with Crippen LogP contribution in [0, 0.1) is 18.3 Å². The summed E-state index contributed by atoms with van der Waals surface area (Å²) in [6.07, 6.45) is -3.35. The number of hydrogen-bond donors (Lipinski definition) is 0. The van der Waals surface area contributed by atoms with E-state index < -0.39 is 31.9 Å². The zero-order chi connectivity index (χ0) is 24.6. The molecule has 0 aliphatic rings. The zero-order valence-corrected chi connectivity index (χ0v) is 19.4. The summed E-state index contributed by atoms with van der Waals surface area (Å²) >= 11 is 0. The number of aromatic nitrogens is 1. The number of allylic oxidation sites excluding steroid dienone is 1. The van der Waals surface area contributed by atoms with Gasteiger partial charge < -0.3 is 4.57 Å². The minimum Gasteiger partial charge on any atom is -0.316 e. The maximum Gasteiger partial charge on any atom is 0.418 e. The number of alkyl halides is 3. The van der Waals surface area contributed by atoms with Gasteiger partial charge in [-0.15, -0.1) is 0 Å². The number of rotatable bonds is 4. The van der Waals surface area contributed by atoms with Crippen LogP contribution in [0.4, 0.5) is 13.2 Å². The molecule has 0 spiro atoms. The largest absolute Gasteiger partial charge is 0.418 e. The van der Waals surface area contributed by atoms with Crippen LogP contribution in [0.2, 0.25) is 0 Å². The fourth-order valence-corrected chi connectivity index (χ4v) is 4.75. The number of nitrogens with zero attached hydrogens (tertiary/aromatic N) is 2. The van der Waals surface area contributed by atoms with Gasteiger partial charge in [-0.3, -0.25) is 0 Å². The molecule has 0 atom stereocenters. The first-order valence-corrected chi connectivity index (χ1v) is 11.6. The predicted molar refractivity (Wildman–Crippen MR) is 121 cm³/mol. The van der Waals surface area contributed by atoms with Crippen molar-refractivity contribution < 1.29 is 21.6 Å². The van der Waals surface area contributed by atoms with Gasteiger partial charge in [-0.2, -0.15) is 18.4 Å². The summed E-state index contributed by atoms with van der Waals surface area (Å²) in [6, 6.07) is 16.2. The molecule has 2 aromatic carbocycles. The van der Waals surface area contributed by atoms with Gasteiger partial charge in [0.1, 0.15) is 11.0 Å². The van der Waals surface area contributed by atoms with Crippen molar-refractivity contribution in [3.05, 3.63) is 88.1 Å². The van der Waals surface area contributed by atoms with Crippen LogP contribution < -0.4 is 0 Å². The molecule has 0 bridgehead atoms. The Labute approximate surface area is 191 Å². The van der Waals surface area contributed by atoms with E-state index in [1.54, 1.807) is 37.3 Å². The van der Waals surface area contributed by atoms with E-state index in [9.17, 15) is 26.9 Å². The van der Waals surface area contributed by atoms with Crippen LogP contribution >= 0.6 is 0 Å². The van der Waals surface area contributed by atoms with Gasteiger partial charge in [0.15, 0.2) is 0 Å².